The van der Waals surface area contributed by atoms with Crippen molar-refractivity contribution in [3.8, 4) is 0 Å². The highest BCUT2D eigenvalue weighted by Crippen LogP contribution is 2.25. The summed E-state index contributed by atoms with van der Waals surface area (Å²) in [5, 5.41) is 3.15. The maximum atomic E-state index is 13.5. The van der Waals surface area contributed by atoms with E-state index in [9.17, 15) is 4.39 Å². The van der Waals surface area contributed by atoms with Gasteiger partial charge in [0.15, 0.2) is 0 Å². The summed E-state index contributed by atoms with van der Waals surface area (Å²) in [4.78, 5) is 0. The first kappa shape index (κ1) is 11.2. The molecular weight excluding hydrogens is 177 g/mol. The molecule has 0 saturated carbocycles. The van der Waals surface area contributed by atoms with Gasteiger partial charge in [-0.25, -0.2) is 4.39 Å². The molecule has 0 heterocycles. The minimum absolute atomic E-state index is 0.312. The molecule has 1 aromatic carbocycles. The van der Waals surface area contributed by atoms with Crippen molar-refractivity contribution in [2.24, 2.45) is 0 Å². The Morgan fingerprint density at radius 3 is 2.07 bits per heavy atom. The minimum atomic E-state index is -1.25. The van der Waals surface area contributed by atoms with E-state index >= 15 is 0 Å². The van der Waals surface area contributed by atoms with Gasteiger partial charge in [-0.1, -0.05) is 24.3 Å². The van der Waals surface area contributed by atoms with Gasteiger partial charge in [-0.05, 0) is 38.9 Å². The Hall–Kier alpha value is -0.890. The zero-order valence-corrected chi connectivity index (χ0v) is 9.26. The minimum Gasteiger partial charge on any atom is -0.313 e. The van der Waals surface area contributed by atoms with E-state index in [0.29, 0.717) is 6.04 Å². The standard InChI is InChI=1S/C12H18FN/c1-9(14-4)10-5-7-11(8-6-10)12(2,3)13/h5-9,14H,1-4H3. The molecule has 1 N–H and O–H groups in total. The fourth-order valence-electron chi connectivity index (χ4n) is 1.33. The summed E-state index contributed by atoms with van der Waals surface area (Å²) in [6.45, 7) is 5.22. The predicted molar refractivity (Wildman–Crippen MR) is 58.1 cm³/mol. The van der Waals surface area contributed by atoms with Gasteiger partial charge in [-0.15, -0.1) is 0 Å². The van der Waals surface area contributed by atoms with E-state index in [0.717, 1.165) is 5.56 Å². The Morgan fingerprint density at radius 2 is 1.71 bits per heavy atom. The topological polar surface area (TPSA) is 12.0 Å². The molecule has 0 aliphatic carbocycles. The number of hydrogen-bond donors (Lipinski definition) is 1. The molecule has 0 aliphatic rings. The molecule has 0 bridgehead atoms. The first-order valence-corrected chi connectivity index (χ1v) is 4.92. The fourth-order valence-corrected chi connectivity index (χ4v) is 1.33. The predicted octanol–water partition coefficient (Wildman–Crippen LogP) is 3.17. The van der Waals surface area contributed by atoms with Crippen LogP contribution in [0.1, 0.15) is 37.9 Å². The van der Waals surface area contributed by atoms with E-state index < -0.39 is 5.67 Å². The quantitative estimate of drug-likeness (QED) is 0.781. The van der Waals surface area contributed by atoms with Crippen molar-refractivity contribution in [2.45, 2.75) is 32.5 Å². The molecule has 2 heteroatoms. The second-order valence-electron chi connectivity index (χ2n) is 4.10. The second-order valence-corrected chi connectivity index (χ2v) is 4.10. The largest absolute Gasteiger partial charge is 0.313 e. The summed E-state index contributed by atoms with van der Waals surface area (Å²) in [6, 6.07) is 7.95. The van der Waals surface area contributed by atoms with E-state index in [1.54, 1.807) is 13.8 Å². The number of halogens is 1. The zero-order chi connectivity index (χ0) is 10.8. The van der Waals surface area contributed by atoms with Crippen molar-refractivity contribution < 1.29 is 4.39 Å². The third kappa shape index (κ3) is 2.55. The molecule has 0 spiro atoms. The number of alkyl halides is 1. The molecule has 1 nitrogen and oxygen atoms in total. The molecule has 0 aliphatic heterocycles. The van der Waals surface area contributed by atoms with Crippen LogP contribution in [0.2, 0.25) is 0 Å². The van der Waals surface area contributed by atoms with Gasteiger partial charge in [0.2, 0.25) is 0 Å². The third-order valence-corrected chi connectivity index (χ3v) is 2.53. The highest BCUT2D eigenvalue weighted by atomic mass is 19.1. The van der Waals surface area contributed by atoms with Crippen LogP contribution in [0.15, 0.2) is 24.3 Å². The van der Waals surface area contributed by atoms with Crippen LogP contribution in [0.3, 0.4) is 0 Å². The second kappa shape index (κ2) is 4.09. The van der Waals surface area contributed by atoms with E-state index in [1.807, 2.05) is 31.3 Å². The lowest BCUT2D eigenvalue weighted by atomic mass is 9.97. The average Bonchev–Trinajstić information content (AvgIpc) is 2.15. The molecular formula is C12H18FN. The maximum Gasteiger partial charge on any atom is 0.130 e. The molecule has 1 unspecified atom stereocenters. The summed E-state index contributed by atoms with van der Waals surface area (Å²) in [5.74, 6) is 0. The number of rotatable bonds is 3. The van der Waals surface area contributed by atoms with Crippen LogP contribution in [-0.2, 0) is 5.67 Å². The van der Waals surface area contributed by atoms with Crippen molar-refractivity contribution >= 4 is 0 Å². The van der Waals surface area contributed by atoms with Crippen molar-refractivity contribution in [1.29, 1.82) is 0 Å². The fraction of sp³-hybridized carbons (Fsp3) is 0.500. The Balaban J connectivity index is 2.89. The zero-order valence-electron chi connectivity index (χ0n) is 9.26. The highest BCUT2D eigenvalue weighted by Gasteiger charge is 2.18. The van der Waals surface area contributed by atoms with Gasteiger partial charge in [0.05, 0.1) is 0 Å². The molecule has 1 rings (SSSR count). The van der Waals surface area contributed by atoms with Crippen molar-refractivity contribution in [3.63, 3.8) is 0 Å². The Morgan fingerprint density at radius 1 is 1.21 bits per heavy atom. The van der Waals surface area contributed by atoms with Crippen LogP contribution in [0.4, 0.5) is 4.39 Å². The highest BCUT2D eigenvalue weighted by molar-refractivity contribution is 5.27. The van der Waals surface area contributed by atoms with Gasteiger partial charge >= 0.3 is 0 Å². The molecule has 0 radical (unpaired) electrons. The average molecular weight is 195 g/mol. The first-order chi connectivity index (χ1) is 6.45. The molecule has 1 aromatic rings. The summed E-state index contributed by atoms with van der Waals surface area (Å²) < 4.78 is 13.5. The van der Waals surface area contributed by atoms with Gasteiger partial charge in [0.25, 0.3) is 0 Å². The Bertz CT molecular complexity index is 284. The van der Waals surface area contributed by atoms with Crippen LogP contribution in [0.25, 0.3) is 0 Å². The molecule has 0 saturated heterocycles. The smallest absolute Gasteiger partial charge is 0.130 e. The SMILES string of the molecule is CNC(C)c1ccc(C(C)(C)F)cc1. The van der Waals surface area contributed by atoms with Gasteiger partial charge < -0.3 is 5.32 Å². The van der Waals surface area contributed by atoms with E-state index in [1.165, 1.54) is 5.56 Å². The number of hydrogen-bond acceptors (Lipinski definition) is 1. The summed E-state index contributed by atoms with van der Waals surface area (Å²) in [7, 11) is 1.91. The molecule has 0 amide bonds. The van der Waals surface area contributed by atoms with Gasteiger partial charge in [-0.3, -0.25) is 0 Å². The van der Waals surface area contributed by atoms with Gasteiger partial charge in [0, 0.05) is 6.04 Å². The molecule has 0 aromatic heterocycles. The van der Waals surface area contributed by atoms with E-state index in [4.69, 9.17) is 0 Å². The normalized spacial score (nSPS) is 14.1. The van der Waals surface area contributed by atoms with Gasteiger partial charge in [0.1, 0.15) is 5.67 Å². The van der Waals surface area contributed by atoms with E-state index in [-0.39, 0.29) is 0 Å². The van der Waals surface area contributed by atoms with Crippen LogP contribution in [0, 0.1) is 0 Å². The van der Waals surface area contributed by atoms with Crippen molar-refractivity contribution in [3.05, 3.63) is 35.4 Å². The van der Waals surface area contributed by atoms with Crippen LogP contribution in [-0.4, -0.2) is 7.05 Å². The van der Waals surface area contributed by atoms with Gasteiger partial charge in [-0.2, -0.15) is 0 Å². The molecule has 14 heavy (non-hydrogen) atoms. The van der Waals surface area contributed by atoms with Crippen LogP contribution >= 0.6 is 0 Å². The summed E-state index contributed by atoms with van der Waals surface area (Å²) in [5.41, 5.74) is 0.659. The third-order valence-electron chi connectivity index (χ3n) is 2.53. The monoisotopic (exact) mass is 195 g/mol. The molecule has 78 valence electrons. The lowest BCUT2D eigenvalue weighted by molar-refractivity contribution is 0.221. The first-order valence-electron chi connectivity index (χ1n) is 4.92. The lowest BCUT2D eigenvalue weighted by Gasteiger charge is -2.16. The summed E-state index contributed by atoms with van der Waals surface area (Å²) >= 11 is 0. The Kier molecular flexibility index (Phi) is 3.27. The molecule has 0 fully saturated rings. The number of nitrogens with one attached hydrogen (secondary N) is 1. The lowest BCUT2D eigenvalue weighted by Crippen LogP contribution is -2.13. The summed E-state index contributed by atoms with van der Waals surface area (Å²) in [6.07, 6.45) is 0. The maximum absolute atomic E-state index is 13.5. The number of benzene rings is 1. The van der Waals surface area contributed by atoms with Crippen molar-refractivity contribution in [2.75, 3.05) is 7.05 Å². The van der Waals surface area contributed by atoms with E-state index in [2.05, 4.69) is 12.2 Å². The van der Waals surface area contributed by atoms with Crippen LogP contribution < -0.4 is 5.32 Å². The van der Waals surface area contributed by atoms with Crippen LogP contribution in [0.5, 0.6) is 0 Å². The Labute approximate surface area is 85.3 Å². The molecule has 1 atom stereocenters. The van der Waals surface area contributed by atoms with Crippen molar-refractivity contribution in [1.82, 2.24) is 5.32 Å².